The van der Waals surface area contributed by atoms with Gasteiger partial charge in [0, 0.05) is 5.69 Å². The summed E-state index contributed by atoms with van der Waals surface area (Å²) >= 11 is 1.09. The Balaban J connectivity index is 1.91. The molecule has 0 fully saturated rings. The first-order valence-electron chi connectivity index (χ1n) is 8.91. The fourth-order valence-electron chi connectivity index (χ4n) is 3.06. The fourth-order valence-corrected chi connectivity index (χ4v) is 5.49. The molecule has 0 aliphatic rings. The van der Waals surface area contributed by atoms with Gasteiger partial charge in [-0.1, -0.05) is 6.07 Å². The van der Waals surface area contributed by atoms with Crippen LogP contribution in [0.25, 0.3) is 0 Å². The van der Waals surface area contributed by atoms with E-state index in [0.717, 1.165) is 39.7 Å². The quantitative estimate of drug-likeness (QED) is 0.442. The van der Waals surface area contributed by atoms with Crippen molar-refractivity contribution in [2.75, 3.05) is 17.3 Å². The summed E-state index contributed by atoms with van der Waals surface area (Å²) in [5.74, 6) is -1.10. The average Bonchev–Trinajstić information content (AvgIpc) is 2.97. The Bertz CT molecular complexity index is 1190. The predicted molar refractivity (Wildman–Crippen MR) is 115 cm³/mol. The van der Waals surface area contributed by atoms with Crippen LogP contribution in [-0.2, 0) is 21.2 Å². The molecule has 1 aromatic heterocycles. The maximum atomic E-state index is 13.2. The number of anilines is 2. The lowest BCUT2D eigenvalue weighted by molar-refractivity contribution is -0.116. The summed E-state index contributed by atoms with van der Waals surface area (Å²) in [6, 6.07) is 10.1. The number of aryl methyl sites for hydroxylation is 2. The van der Waals surface area contributed by atoms with Crippen molar-refractivity contribution >= 4 is 39.0 Å². The van der Waals surface area contributed by atoms with E-state index in [0.29, 0.717) is 5.69 Å². The number of carbonyl (C=O) groups is 1. The van der Waals surface area contributed by atoms with Gasteiger partial charge < -0.3 is 11.1 Å². The molecule has 158 valence electrons. The molecule has 30 heavy (non-hydrogen) atoms. The van der Waals surface area contributed by atoms with Gasteiger partial charge in [0.2, 0.25) is 15.7 Å². The van der Waals surface area contributed by atoms with E-state index in [2.05, 4.69) is 10.4 Å². The lowest BCUT2D eigenvalue weighted by atomic mass is 10.1. The molecule has 0 bridgehead atoms. The second-order valence-electron chi connectivity index (χ2n) is 6.76. The molecule has 0 spiro atoms. The minimum Gasteiger partial charge on any atom is -0.383 e. The highest BCUT2D eigenvalue weighted by Crippen LogP contribution is 2.34. The lowest BCUT2D eigenvalue weighted by Crippen LogP contribution is -2.21. The molecular formula is C20H21FN4O3S2. The van der Waals surface area contributed by atoms with Crippen LogP contribution in [0.5, 0.6) is 0 Å². The number of carbonyl (C=O) groups excluding carboxylic acids is 1. The molecule has 2 aromatic carbocycles. The lowest BCUT2D eigenvalue weighted by Gasteiger charge is -2.09. The van der Waals surface area contributed by atoms with Gasteiger partial charge >= 0.3 is 0 Å². The summed E-state index contributed by atoms with van der Waals surface area (Å²) in [6.45, 7) is 3.59. The highest BCUT2D eigenvalue weighted by molar-refractivity contribution is 7.99. The van der Waals surface area contributed by atoms with Crippen LogP contribution in [0, 0.1) is 19.7 Å². The van der Waals surface area contributed by atoms with E-state index in [1.54, 1.807) is 6.26 Å². The Morgan fingerprint density at radius 1 is 1.17 bits per heavy atom. The van der Waals surface area contributed by atoms with Gasteiger partial charge in [-0.3, -0.25) is 4.79 Å². The van der Waals surface area contributed by atoms with Gasteiger partial charge in [0.05, 0.1) is 4.90 Å². The van der Waals surface area contributed by atoms with Gasteiger partial charge in [-0.2, -0.15) is 5.10 Å². The van der Waals surface area contributed by atoms with E-state index in [1.807, 2.05) is 32.0 Å². The number of nitrogen functional groups attached to an aromatic ring is 1. The molecule has 1 heterocycles. The largest absolute Gasteiger partial charge is 0.383 e. The predicted octanol–water partition coefficient (Wildman–Crippen LogP) is 3.41. The van der Waals surface area contributed by atoms with Gasteiger partial charge in [0.25, 0.3) is 0 Å². The maximum Gasteiger partial charge on any atom is 0.246 e. The average molecular weight is 449 g/mol. The van der Waals surface area contributed by atoms with Crippen molar-refractivity contribution in [1.29, 1.82) is 0 Å². The number of thioether (sulfide) groups is 1. The Morgan fingerprint density at radius 2 is 1.77 bits per heavy atom. The van der Waals surface area contributed by atoms with Crippen molar-refractivity contribution < 1.29 is 17.6 Å². The normalized spacial score (nSPS) is 11.5. The third kappa shape index (κ3) is 4.49. The van der Waals surface area contributed by atoms with E-state index in [9.17, 15) is 17.6 Å². The van der Waals surface area contributed by atoms with Crippen molar-refractivity contribution in [3.63, 3.8) is 0 Å². The van der Waals surface area contributed by atoms with Crippen molar-refractivity contribution in [3.05, 3.63) is 59.4 Å². The van der Waals surface area contributed by atoms with Crippen LogP contribution >= 0.6 is 11.8 Å². The van der Waals surface area contributed by atoms with Crippen LogP contribution in [0.4, 0.5) is 15.9 Å². The minimum atomic E-state index is -4.04. The first-order chi connectivity index (χ1) is 14.1. The topological polar surface area (TPSA) is 107 Å². The summed E-state index contributed by atoms with van der Waals surface area (Å²) in [7, 11) is -4.04. The Kier molecular flexibility index (Phi) is 6.18. The number of hydrogen-bond acceptors (Lipinski definition) is 6. The number of rotatable bonds is 6. The van der Waals surface area contributed by atoms with Crippen LogP contribution < -0.4 is 11.1 Å². The Labute approximate surface area is 178 Å². The number of nitrogens with zero attached hydrogens (tertiary/aromatic N) is 2. The third-order valence-corrected chi connectivity index (χ3v) is 6.94. The molecule has 10 heteroatoms. The van der Waals surface area contributed by atoms with E-state index in [1.165, 1.54) is 12.1 Å². The first kappa shape index (κ1) is 21.8. The minimum absolute atomic E-state index is 0.106. The summed E-state index contributed by atoms with van der Waals surface area (Å²) in [6.07, 6.45) is 1.66. The Hall–Kier alpha value is -2.85. The zero-order chi connectivity index (χ0) is 22.1. The van der Waals surface area contributed by atoms with Gasteiger partial charge in [-0.25, -0.2) is 17.5 Å². The van der Waals surface area contributed by atoms with Crippen molar-refractivity contribution in [2.45, 2.75) is 35.2 Å². The molecule has 0 aliphatic carbocycles. The number of aromatic nitrogens is 2. The van der Waals surface area contributed by atoms with E-state index >= 15 is 0 Å². The van der Waals surface area contributed by atoms with E-state index in [4.69, 9.17) is 5.73 Å². The second kappa shape index (κ2) is 8.49. The first-order valence-corrected chi connectivity index (χ1v) is 11.6. The zero-order valence-electron chi connectivity index (χ0n) is 16.6. The SMILES string of the molecule is CSc1nn(CC(=O)Nc2cc(C)cc(C)c2)c(N)c1S(=O)(=O)c1ccc(F)cc1. The monoisotopic (exact) mass is 448 g/mol. The van der Waals surface area contributed by atoms with Crippen molar-refractivity contribution in [3.8, 4) is 0 Å². The molecule has 3 N–H and O–H groups in total. The van der Waals surface area contributed by atoms with Crippen LogP contribution in [0.2, 0.25) is 0 Å². The molecule has 7 nitrogen and oxygen atoms in total. The molecule has 0 atom stereocenters. The van der Waals surface area contributed by atoms with Crippen LogP contribution in [0.15, 0.2) is 57.3 Å². The molecule has 0 saturated carbocycles. The number of hydrogen-bond donors (Lipinski definition) is 2. The van der Waals surface area contributed by atoms with Gasteiger partial charge in [0.15, 0.2) is 0 Å². The number of nitrogens with one attached hydrogen (secondary N) is 1. The molecule has 3 aromatic rings. The van der Waals surface area contributed by atoms with Crippen LogP contribution in [0.1, 0.15) is 11.1 Å². The van der Waals surface area contributed by atoms with Gasteiger partial charge in [-0.05, 0) is 67.6 Å². The molecule has 1 amide bonds. The van der Waals surface area contributed by atoms with E-state index in [-0.39, 0.29) is 27.2 Å². The summed E-state index contributed by atoms with van der Waals surface area (Å²) in [4.78, 5) is 12.2. The fraction of sp³-hybridized carbons (Fsp3) is 0.200. The number of amides is 1. The molecule has 0 aliphatic heterocycles. The van der Waals surface area contributed by atoms with Crippen molar-refractivity contribution in [2.24, 2.45) is 0 Å². The number of nitrogens with two attached hydrogens (primary N) is 1. The summed E-state index contributed by atoms with van der Waals surface area (Å²) < 4.78 is 40.4. The van der Waals surface area contributed by atoms with Gasteiger partial charge in [0.1, 0.15) is 28.1 Å². The van der Waals surface area contributed by atoms with E-state index < -0.39 is 21.6 Å². The Morgan fingerprint density at radius 3 is 2.33 bits per heavy atom. The van der Waals surface area contributed by atoms with Crippen LogP contribution in [0.3, 0.4) is 0 Å². The smallest absolute Gasteiger partial charge is 0.246 e. The number of halogens is 1. The van der Waals surface area contributed by atoms with Crippen molar-refractivity contribution in [1.82, 2.24) is 9.78 Å². The molecule has 0 radical (unpaired) electrons. The highest BCUT2D eigenvalue weighted by atomic mass is 32.2. The molecular weight excluding hydrogens is 427 g/mol. The zero-order valence-corrected chi connectivity index (χ0v) is 18.3. The van der Waals surface area contributed by atoms with Crippen LogP contribution in [-0.4, -0.2) is 30.4 Å². The molecule has 0 unspecified atom stereocenters. The molecule has 0 saturated heterocycles. The summed E-state index contributed by atoms with van der Waals surface area (Å²) in [5.41, 5.74) is 8.71. The third-order valence-electron chi connectivity index (χ3n) is 4.30. The second-order valence-corrected chi connectivity index (χ2v) is 9.44. The molecule has 3 rings (SSSR count). The number of benzene rings is 2. The highest BCUT2D eigenvalue weighted by Gasteiger charge is 2.29. The number of sulfone groups is 1. The maximum absolute atomic E-state index is 13.2. The standard InChI is InChI=1S/C20H21FN4O3S2/c1-12-8-13(2)10-15(9-12)23-17(26)11-25-19(22)18(20(24-25)29-3)30(27,28)16-6-4-14(21)5-7-16/h4-10H,11,22H2,1-3H3,(H,23,26). The summed E-state index contributed by atoms with van der Waals surface area (Å²) in [5, 5.41) is 7.13. The van der Waals surface area contributed by atoms with Gasteiger partial charge in [-0.15, -0.1) is 11.8 Å².